The number of nitrogens with two attached hydrogens (primary N) is 1. The Morgan fingerprint density at radius 2 is 1.93 bits per heavy atom. The topological polar surface area (TPSA) is 43.1 Å². The zero-order chi connectivity index (χ0) is 11.3. The van der Waals surface area contributed by atoms with E-state index in [0.29, 0.717) is 6.54 Å². The maximum Gasteiger partial charge on any atom is 0.165 e. The maximum absolute atomic E-state index is 11.9. The third kappa shape index (κ3) is 3.48. The molecule has 0 radical (unpaired) electrons. The van der Waals surface area contributed by atoms with Crippen LogP contribution in [0.1, 0.15) is 35.7 Å². The number of rotatable bonds is 5. The number of aryl methyl sites for hydroxylation is 1. The molecule has 2 nitrogen and oxygen atoms in total. The summed E-state index contributed by atoms with van der Waals surface area (Å²) in [5.41, 5.74) is 7.42. The average Bonchev–Trinajstić information content (AvgIpc) is 2.26. The van der Waals surface area contributed by atoms with E-state index < -0.39 is 0 Å². The monoisotopic (exact) mass is 205 g/mol. The molecule has 0 spiro atoms. The minimum atomic E-state index is 0.0799. The summed E-state index contributed by atoms with van der Waals surface area (Å²) in [6, 6.07) is 7.75. The molecule has 0 bridgehead atoms. The molecule has 0 aliphatic rings. The third-order valence-electron chi connectivity index (χ3n) is 2.62. The fraction of sp³-hybridized carbons (Fsp3) is 0.462. The molecule has 0 aliphatic heterocycles. The highest BCUT2D eigenvalue weighted by Crippen LogP contribution is 2.14. The van der Waals surface area contributed by atoms with Crippen molar-refractivity contribution in [2.75, 3.05) is 6.54 Å². The van der Waals surface area contributed by atoms with Crippen molar-refractivity contribution in [1.29, 1.82) is 0 Å². The standard InChI is InChI=1S/C13H19NO/c1-10-5-7-12(8-6-10)13(15)11(2)4-3-9-14/h5-8,11H,3-4,9,14H2,1-2H3. The van der Waals surface area contributed by atoms with Crippen LogP contribution in [-0.2, 0) is 0 Å². The van der Waals surface area contributed by atoms with Crippen LogP contribution in [0.15, 0.2) is 24.3 Å². The predicted octanol–water partition coefficient (Wildman–Crippen LogP) is 2.55. The minimum absolute atomic E-state index is 0.0799. The van der Waals surface area contributed by atoms with Gasteiger partial charge in [0.15, 0.2) is 5.78 Å². The van der Waals surface area contributed by atoms with E-state index in [-0.39, 0.29) is 11.7 Å². The highest BCUT2D eigenvalue weighted by atomic mass is 16.1. The molecule has 1 aromatic rings. The Morgan fingerprint density at radius 1 is 1.33 bits per heavy atom. The van der Waals surface area contributed by atoms with Crippen LogP contribution in [0.2, 0.25) is 0 Å². The molecular weight excluding hydrogens is 186 g/mol. The highest BCUT2D eigenvalue weighted by molar-refractivity contribution is 5.97. The maximum atomic E-state index is 11.9. The van der Waals surface area contributed by atoms with Gasteiger partial charge in [0.25, 0.3) is 0 Å². The van der Waals surface area contributed by atoms with Gasteiger partial charge in [0.05, 0.1) is 0 Å². The molecule has 0 aromatic heterocycles. The first-order chi connectivity index (χ1) is 7.15. The molecule has 0 saturated carbocycles. The molecule has 1 unspecified atom stereocenters. The van der Waals surface area contributed by atoms with Gasteiger partial charge in [-0.25, -0.2) is 0 Å². The quantitative estimate of drug-likeness (QED) is 0.751. The summed E-state index contributed by atoms with van der Waals surface area (Å²) in [4.78, 5) is 11.9. The predicted molar refractivity (Wildman–Crippen MR) is 63.0 cm³/mol. The van der Waals surface area contributed by atoms with E-state index in [1.807, 2.05) is 38.1 Å². The van der Waals surface area contributed by atoms with Crippen LogP contribution in [0.3, 0.4) is 0 Å². The molecule has 2 heteroatoms. The first-order valence-corrected chi connectivity index (χ1v) is 5.46. The van der Waals surface area contributed by atoms with E-state index >= 15 is 0 Å². The lowest BCUT2D eigenvalue weighted by molar-refractivity contribution is 0.0923. The molecule has 0 aliphatic carbocycles. The van der Waals surface area contributed by atoms with Gasteiger partial charge in [-0.1, -0.05) is 36.8 Å². The average molecular weight is 205 g/mol. The van der Waals surface area contributed by atoms with Crippen molar-refractivity contribution in [2.24, 2.45) is 11.7 Å². The summed E-state index contributed by atoms with van der Waals surface area (Å²) in [7, 11) is 0. The van der Waals surface area contributed by atoms with Gasteiger partial charge < -0.3 is 5.73 Å². The zero-order valence-electron chi connectivity index (χ0n) is 9.49. The lowest BCUT2D eigenvalue weighted by atomic mass is 9.95. The van der Waals surface area contributed by atoms with Crippen LogP contribution in [0.5, 0.6) is 0 Å². The second-order valence-electron chi connectivity index (χ2n) is 4.06. The Balaban J connectivity index is 2.63. The summed E-state index contributed by atoms with van der Waals surface area (Å²) in [5.74, 6) is 0.305. The SMILES string of the molecule is Cc1ccc(C(=O)C(C)CCCN)cc1. The Kier molecular flexibility index (Phi) is 4.50. The van der Waals surface area contributed by atoms with Crippen molar-refractivity contribution < 1.29 is 4.79 Å². The van der Waals surface area contributed by atoms with E-state index in [4.69, 9.17) is 5.73 Å². The molecular formula is C13H19NO. The Labute approximate surface area is 91.5 Å². The molecule has 15 heavy (non-hydrogen) atoms. The fourth-order valence-corrected chi connectivity index (χ4v) is 1.56. The normalized spacial score (nSPS) is 12.5. The van der Waals surface area contributed by atoms with Crippen molar-refractivity contribution in [1.82, 2.24) is 0 Å². The van der Waals surface area contributed by atoms with Crippen molar-refractivity contribution in [3.05, 3.63) is 35.4 Å². The number of carbonyl (C=O) groups excluding carboxylic acids is 1. The Hall–Kier alpha value is -1.15. The van der Waals surface area contributed by atoms with Crippen LogP contribution in [-0.4, -0.2) is 12.3 Å². The van der Waals surface area contributed by atoms with Crippen molar-refractivity contribution in [3.8, 4) is 0 Å². The molecule has 1 aromatic carbocycles. The first kappa shape index (κ1) is 11.9. The van der Waals surface area contributed by atoms with Crippen molar-refractivity contribution in [2.45, 2.75) is 26.7 Å². The summed E-state index contributed by atoms with van der Waals surface area (Å²) in [6.45, 7) is 4.65. The zero-order valence-corrected chi connectivity index (χ0v) is 9.49. The summed E-state index contributed by atoms with van der Waals surface area (Å²) < 4.78 is 0. The molecule has 2 N–H and O–H groups in total. The smallest absolute Gasteiger partial charge is 0.165 e. The van der Waals surface area contributed by atoms with Crippen LogP contribution in [0, 0.1) is 12.8 Å². The van der Waals surface area contributed by atoms with E-state index in [9.17, 15) is 4.79 Å². The molecule has 82 valence electrons. The van der Waals surface area contributed by atoms with E-state index in [1.54, 1.807) is 0 Å². The van der Waals surface area contributed by atoms with Crippen LogP contribution in [0.4, 0.5) is 0 Å². The number of benzene rings is 1. The van der Waals surface area contributed by atoms with Crippen LogP contribution in [0.25, 0.3) is 0 Å². The molecule has 0 heterocycles. The van der Waals surface area contributed by atoms with Crippen LogP contribution < -0.4 is 5.73 Å². The molecule has 0 amide bonds. The van der Waals surface area contributed by atoms with Crippen LogP contribution >= 0.6 is 0 Å². The second kappa shape index (κ2) is 5.66. The molecule has 1 atom stereocenters. The Bertz CT molecular complexity index is 316. The largest absolute Gasteiger partial charge is 0.330 e. The van der Waals surface area contributed by atoms with Gasteiger partial charge >= 0.3 is 0 Å². The molecule has 0 saturated heterocycles. The lowest BCUT2D eigenvalue weighted by Gasteiger charge is -2.09. The lowest BCUT2D eigenvalue weighted by Crippen LogP contribution is -2.13. The number of ketones is 1. The van der Waals surface area contributed by atoms with Gasteiger partial charge in [-0.15, -0.1) is 0 Å². The molecule has 1 rings (SSSR count). The summed E-state index contributed by atoms with van der Waals surface area (Å²) >= 11 is 0. The van der Waals surface area contributed by atoms with E-state index in [0.717, 1.165) is 18.4 Å². The fourth-order valence-electron chi connectivity index (χ4n) is 1.56. The van der Waals surface area contributed by atoms with Crippen molar-refractivity contribution in [3.63, 3.8) is 0 Å². The first-order valence-electron chi connectivity index (χ1n) is 5.46. The van der Waals surface area contributed by atoms with Gasteiger partial charge in [0.2, 0.25) is 0 Å². The van der Waals surface area contributed by atoms with E-state index in [1.165, 1.54) is 5.56 Å². The number of hydrogen-bond acceptors (Lipinski definition) is 2. The third-order valence-corrected chi connectivity index (χ3v) is 2.62. The highest BCUT2D eigenvalue weighted by Gasteiger charge is 2.13. The Morgan fingerprint density at radius 3 is 2.47 bits per heavy atom. The van der Waals surface area contributed by atoms with Gasteiger partial charge in [0.1, 0.15) is 0 Å². The molecule has 0 fully saturated rings. The number of Topliss-reactive ketones (excluding diaryl/α,β-unsaturated/α-hetero) is 1. The summed E-state index contributed by atoms with van der Waals surface area (Å²) in [5, 5.41) is 0. The minimum Gasteiger partial charge on any atom is -0.330 e. The van der Waals surface area contributed by atoms with Gasteiger partial charge in [-0.2, -0.15) is 0 Å². The van der Waals surface area contributed by atoms with Gasteiger partial charge in [-0.3, -0.25) is 4.79 Å². The second-order valence-corrected chi connectivity index (χ2v) is 4.06. The van der Waals surface area contributed by atoms with Crippen molar-refractivity contribution >= 4 is 5.78 Å². The van der Waals surface area contributed by atoms with E-state index in [2.05, 4.69) is 0 Å². The number of hydrogen-bond donors (Lipinski definition) is 1. The number of carbonyl (C=O) groups is 1. The van der Waals surface area contributed by atoms with Gasteiger partial charge in [0, 0.05) is 11.5 Å². The summed E-state index contributed by atoms with van der Waals surface area (Å²) in [6.07, 6.45) is 1.79. The van der Waals surface area contributed by atoms with Gasteiger partial charge in [-0.05, 0) is 26.3 Å².